The Hall–Kier alpha value is -1.38. The summed E-state index contributed by atoms with van der Waals surface area (Å²) in [5.74, 6) is 1.98. The summed E-state index contributed by atoms with van der Waals surface area (Å²) < 4.78 is 7.95. The van der Waals surface area contributed by atoms with E-state index in [0.29, 0.717) is 11.7 Å². The zero-order valence-corrected chi connectivity index (χ0v) is 17.8. The van der Waals surface area contributed by atoms with Crippen LogP contribution in [0.3, 0.4) is 0 Å². The summed E-state index contributed by atoms with van der Waals surface area (Å²) in [6.45, 7) is 2.38. The van der Waals surface area contributed by atoms with Gasteiger partial charge in [-0.25, -0.2) is 0 Å². The van der Waals surface area contributed by atoms with Crippen LogP contribution < -0.4 is 5.32 Å². The zero-order valence-electron chi connectivity index (χ0n) is 16.1. The number of ether oxygens (including phenoxy) is 1. The van der Waals surface area contributed by atoms with Crippen molar-refractivity contribution < 1.29 is 9.53 Å². The summed E-state index contributed by atoms with van der Waals surface area (Å²) >= 11 is 3.13. The van der Waals surface area contributed by atoms with E-state index in [1.807, 2.05) is 11.4 Å². The number of carbonyl (C=O) groups excluding carboxylic acids is 1. The first kappa shape index (κ1) is 19.9. The lowest BCUT2D eigenvalue weighted by molar-refractivity contribution is -0.118. The minimum Gasteiger partial charge on any atom is -0.376 e. The van der Waals surface area contributed by atoms with Crippen LogP contribution in [-0.2, 0) is 16.1 Å². The Balaban J connectivity index is 1.36. The molecule has 1 aliphatic heterocycles. The van der Waals surface area contributed by atoms with Gasteiger partial charge >= 0.3 is 0 Å². The highest BCUT2D eigenvalue weighted by Crippen LogP contribution is 2.29. The molecular formula is C20H28N4O2S2. The zero-order chi connectivity index (χ0) is 19.2. The van der Waals surface area contributed by atoms with Gasteiger partial charge in [0.2, 0.25) is 5.91 Å². The van der Waals surface area contributed by atoms with Crippen LogP contribution in [0.25, 0.3) is 10.7 Å². The van der Waals surface area contributed by atoms with E-state index >= 15 is 0 Å². The Morgan fingerprint density at radius 1 is 1.25 bits per heavy atom. The van der Waals surface area contributed by atoms with Crippen LogP contribution >= 0.6 is 23.1 Å². The molecule has 2 aromatic rings. The molecule has 3 heterocycles. The number of thioether (sulfide) groups is 1. The van der Waals surface area contributed by atoms with Gasteiger partial charge in [-0.1, -0.05) is 37.1 Å². The van der Waals surface area contributed by atoms with Crippen molar-refractivity contribution >= 4 is 29.0 Å². The molecule has 8 heteroatoms. The lowest BCUT2D eigenvalue weighted by Crippen LogP contribution is -2.31. The van der Waals surface area contributed by atoms with Crippen molar-refractivity contribution in [2.45, 2.75) is 62.8 Å². The first-order chi connectivity index (χ1) is 13.8. The first-order valence-corrected chi connectivity index (χ1v) is 12.1. The maximum Gasteiger partial charge on any atom is 0.230 e. The number of nitrogens with zero attached hydrogens (tertiary/aromatic N) is 3. The highest BCUT2D eigenvalue weighted by molar-refractivity contribution is 7.99. The van der Waals surface area contributed by atoms with Crippen molar-refractivity contribution in [2.24, 2.45) is 5.92 Å². The van der Waals surface area contributed by atoms with Gasteiger partial charge in [-0.2, -0.15) is 0 Å². The van der Waals surface area contributed by atoms with Gasteiger partial charge in [0.25, 0.3) is 0 Å². The summed E-state index contributed by atoms with van der Waals surface area (Å²) in [6, 6.07) is 4.09. The number of hydrogen-bond donors (Lipinski definition) is 1. The van der Waals surface area contributed by atoms with Gasteiger partial charge in [0, 0.05) is 13.2 Å². The van der Waals surface area contributed by atoms with E-state index < -0.39 is 0 Å². The largest absolute Gasteiger partial charge is 0.376 e. The van der Waals surface area contributed by atoms with Crippen molar-refractivity contribution in [2.75, 3.05) is 18.9 Å². The van der Waals surface area contributed by atoms with Crippen LogP contribution in [0.15, 0.2) is 22.7 Å². The molecule has 2 aromatic heterocycles. The second-order valence-corrected chi connectivity index (χ2v) is 9.52. The van der Waals surface area contributed by atoms with E-state index in [0.717, 1.165) is 48.4 Å². The molecule has 152 valence electrons. The Morgan fingerprint density at radius 3 is 2.89 bits per heavy atom. The minimum absolute atomic E-state index is 0.0833. The average molecular weight is 421 g/mol. The third-order valence-electron chi connectivity index (χ3n) is 5.51. The van der Waals surface area contributed by atoms with Gasteiger partial charge in [-0.05, 0) is 43.0 Å². The van der Waals surface area contributed by atoms with E-state index in [1.165, 1.54) is 43.9 Å². The SMILES string of the molecule is O=C(CSc1nnc(-c2cccs2)n1CC1CCCO1)NCC1CCCCC1. The number of thiophene rings is 1. The van der Waals surface area contributed by atoms with Crippen molar-refractivity contribution in [1.29, 1.82) is 0 Å². The highest BCUT2D eigenvalue weighted by atomic mass is 32.2. The van der Waals surface area contributed by atoms with Crippen LogP contribution in [0.4, 0.5) is 0 Å². The maximum absolute atomic E-state index is 12.3. The first-order valence-electron chi connectivity index (χ1n) is 10.3. The molecule has 6 nitrogen and oxygen atoms in total. The van der Waals surface area contributed by atoms with Crippen molar-refractivity contribution in [3.05, 3.63) is 17.5 Å². The van der Waals surface area contributed by atoms with E-state index in [-0.39, 0.29) is 12.0 Å². The molecule has 0 bridgehead atoms. The van der Waals surface area contributed by atoms with Gasteiger partial charge in [0.05, 0.1) is 23.3 Å². The molecule has 1 atom stereocenters. The van der Waals surface area contributed by atoms with Crippen LogP contribution in [-0.4, -0.2) is 45.7 Å². The monoisotopic (exact) mass is 420 g/mol. The van der Waals surface area contributed by atoms with Gasteiger partial charge < -0.3 is 10.1 Å². The lowest BCUT2D eigenvalue weighted by Gasteiger charge is -2.21. The van der Waals surface area contributed by atoms with Crippen LogP contribution in [0.1, 0.15) is 44.9 Å². The van der Waals surface area contributed by atoms with Gasteiger partial charge in [0.1, 0.15) is 0 Å². The summed E-state index contributed by atoms with van der Waals surface area (Å²) in [5, 5.41) is 14.8. The van der Waals surface area contributed by atoms with Gasteiger partial charge in [-0.3, -0.25) is 9.36 Å². The second-order valence-electron chi connectivity index (χ2n) is 7.63. The molecule has 4 rings (SSSR count). The molecule has 0 radical (unpaired) electrons. The van der Waals surface area contributed by atoms with Crippen molar-refractivity contribution in [1.82, 2.24) is 20.1 Å². The Kier molecular flexibility index (Phi) is 7.04. The smallest absolute Gasteiger partial charge is 0.230 e. The van der Waals surface area contributed by atoms with Crippen molar-refractivity contribution in [3.63, 3.8) is 0 Å². The third kappa shape index (κ3) is 5.15. The molecule has 1 amide bonds. The fraction of sp³-hybridized carbons (Fsp3) is 0.650. The standard InChI is InChI=1S/C20H28N4O2S2/c25-18(21-12-15-6-2-1-3-7-15)14-28-20-23-22-19(17-9-5-11-27-17)24(20)13-16-8-4-10-26-16/h5,9,11,15-16H,1-4,6-8,10,12-14H2,(H,21,25). The lowest BCUT2D eigenvalue weighted by atomic mass is 9.89. The molecule has 1 saturated carbocycles. The third-order valence-corrected chi connectivity index (χ3v) is 7.35. The molecule has 28 heavy (non-hydrogen) atoms. The van der Waals surface area contributed by atoms with E-state index in [2.05, 4.69) is 26.1 Å². The summed E-state index contributed by atoms with van der Waals surface area (Å²) in [7, 11) is 0. The minimum atomic E-state index is 0.0833. The fourth-order valence-corrected chi connectivity index (χ4v) is 5.47. The van der Waals surface area contributed by atoms with E-state index in [4.69, 9.17) is 4.74 Å². The predicted octanol–water partition coefficient (Wildman–Crippen LogP) is 3.97. The average Bonchev–Trinajstić information content (AvgIpc) is 3.48. The Bertz CT molecular complexity index is 750. The van der Waals surface area contributed by atoms with Gasteiger partial charge in [0.15, 0.2) is 11.0 Å². The topological polar surface area (TPSA) is 69.0 Å². The molecule has 0 aromatic carbocycles. The number of hydrogen-bond acceptors (Lipinski definition) is 6. The number of rotatable bonds is 8. The number of amides is 1. The second kappa shape index (κ2) is 9.89. The summed E-state index contributed by atoms with van der Waals surface area (Å²) in [4.78, 5) is 13.4. The molecule has 1 aliphatic carbocycles. The molecule has 1 N–H and O–H groups in total. The van der Waals surface area contributed by atoms with Crippen LogP contribution in [0, 0.1) is 5.92 Å². The summed E-state index contributed by atoms with van der Waals surface area (Å²) in [6.07, 6.45) is 8.80. The van der Waals surface area contributed by atoms with Crippen LogP contribution in [0.2, 0.25) is 0 Å². The predicted molar refractivity (Wildman–Crippen MR) is 113 cm³/mol. The van der Waals surface area contributed by atoms with Crippen molar-refractivity contribution in [3.8, 4) is 10.7 Å². The van der Waals surface area contributed by atoms with E-state index in [1.54, 1.807) is 11.3 Å². The number of nitrogens with one attached hydrogen (secondary N) is 1. The van der Waals surface area contributed by atoms with Gasteiger partial charge in [-0.15, -0.1) is 21.5 Å². The quantitative estimate of drug-likeness (QED) is 0.654. The molecule has 1 saturated heterocycles. The number of aromatic nitrogens is 3. The molecule has 0 spiro atoms. The maximum atomic E-state index is 12.3. The molecule has 2 fully saturated rings. The highest BCUT2D eigenvalue weighted by Gasteiger charge is 2.23. The summed E-state index contributed by atoms with van der Waals surface area (Å²) in [5.41, 5.74) is 0. The number of carbonyl (C=O) groups is 1. The Labute approximate surface area is 174 Å². The fourth-order valence-electron chi connectivity index (χ4n) is 3.97. The van der Waals surface area contributed by atoms with Crippen LogP contribution in [0.5, 0.6) is 0 Å². The normalized spacial score (nSPS) is 20.5. The molecule has 1 unspecified atom stereocenters. The molecule has 2 aliphatic rings. The Morgan fingerprint density at radius 2 is 2.14 bits per heavy atom. The van der Waals surface area contributed by atoms with E-state index in [9.17, 15) is 4.79 Å². The molecular weight excluding hydrogens is 392 g/mol.